The van der Waals surface area contributed by atoms with Gasteiger partial charge in [-0.05, 0) is 39.3 Å². The molecule has 2 heterocycles. The maximum absolute atomic E-state index is 11.6. The van der Waals surface area contributed by atoms with Crippen LogP contribution in [0.2, 0.25) is 0 Å². The molecule has 0 spiro atoms. The molecule has 1 saturated heterocycles. The summed E-state index contributed by atoms with van der Waals surface area (Å²) >= 11 is 0. The Kier molecular flexibility index (Phi) is 4.90. The normalized spacial score (nSPS) is 18.9. The number of hydrogen-bond donors (Lipinski definition) is 3. The number of allylic oxidation sites excluding steroid dienone is 1. The second-order valence-corrected chi connectivity index (χ2v) is 6.43. The van der Waals surface area contributed by atoms with Gasteiger partial charge in [-0.1, -0.05) is 24.3 Å². The van der Waals surface area contributed by atoms with E-state index in [4.69, 9.17) is 11.5 Å². The minimum atomic E-state index is -0.568. The molecule has 1 amide bonds. The molecule has 6 heteroatoms. The lowest BCUT2D eigenvalue weighted by Crippen LogP contribution is -2.28. The Hall–Kier alpha value is -2.60. The monoisotopic (exact) mass is 339 g/mol. The van der Waals surface area contributed by atoms with Crippen molar-refractivity contribution in [1.29, 1.82) is 0 Å². The third kappa shape index (κ3) is 3.30. The van der Waals surface area contributed by atoms with Crippen molar-refractivity contribution >= 4 is 28.5 Å². The average molecular weight is 339 g/mol. The van der Waals surface area contributed by atoms with Crippen LogP contribution in [0, 0.1) is 6.92 Å². The molecule has 1 aliphatic rings. The molecule has 0 bridgehead atoms. The van der Waals surface area contributed by atoms with Gasteiger partial charge in [0.05, 0.1) is 11.1 Å². The number of aromatic nitrogens is 1. The van der Waals surface area contributed by atoms with E-state index in [0.29, 0.717) is 6.04 Å². The van der Waals surface area contributed by atoms with Crippen LogP contribution in [-0.4, -0.2) is 28.9 Å². The van der Waals surface area contributed by atoms with Crippen LogP contribution in [0.3, 0.4) is 0 Å². The van der Waals surface area contributed by atoms with Crippen LogP contribution in [0.25, 0.3) is 10.9 Å². The first-order valence-corrected chi connectivity index (χ1v) is 8.64. The van der Waals surface area contributed by atoms with E-state index >= 15 is 0 Å². The summed E-state index contributed by atoms with van der Waals surface area (Å²) in [6.07, 6.45) is 3.93. The number of amidine groups is 1. The second kappa shape index (κ2) is 7.11. The number of nitrogens with one attached hydrogen (secondary N) is 1. The van der Waals surface area contributed by atoms with E-state index in [0.717, 1.165) is 41.8 Å². The van der Waals surface area contributed by atoms with Crippen molar-refractivity contribution in [3.8, 4) is 0 Å². The van der Waals surface area contributed by atoms with E-state index in [9.17, 15) is 4.79 Å². The van der Waals surface area contributed by atoms with Crippen LogP contribution in [0.15, 0.2) is 40.9 Å². The SMILES string of the molecule is C/C=C(C(N)=O)\C(N)=N/c1c(C)c2ccccc2n1CC1CCCN1. The Morgan fingerprint density at radius 2 is 2.16 bits per heavy atom. The Labute approximate surface area is 147 Å². The number of primary amides is 1. The van der Waals surface area contributed by atoms with Gasteiger partial charge in [0, 0.05) is 23.5 Å². The van der Waals surface area contributed by atoms with Crippen molar-refractivity contribution in [3.63, 3.8) is 0 Å². The summed E-state index contributed by atoms with van der Waals surface area (Å²) in [6.45, 7) is 5.64. The predicted molar refractivity (Wildman–Crippen MR) is 102 cm³/mol. The summed E-state index contributed by atoms with van der Waals surface area (Å²) in [6, 6.07) is 8.64. The molecular formula is C19H25N5O. The standard InChI is InChI=1S/C19H25N5O/c1-3-14(18(21)25)17(20)23-19-12(2)15-8-4-5-9-16(15)24(19)11-13-7-6-10-22-13/h3-5,8-9,13,22H,6-7,10-11H2,1-2H3,(H2,20,23)(H2,21,25)/b14-3+. The molecule has 6 nitrogen and oxygen atoms in total. The summed E-state index contributed by atoms with van der Waals surface area (Å²) in [5.41, 5.74) is 13.9. The predicted octanol–water partition coefficient (Wildman–Crippen LogP) is 2.12. The summed E-state index contributed by atoms with van der Waals surface area (Å²) in [7, 11) is 0. The van der Waals surface area contributed by atoms with E-state index in [1.807, 2.05) is 19.1 Å². The first kappa shape index (κ1) is 17.2. The fraction of sp³-hybridized carbons (Fsp3) is 0.368. The maximum Gasteiger partial charge on any atom is 0.252 e. The zero-order chi connectivity index (χ0) is 18.0. The molecule has 0 saturated carbocycles. The van der Waals surface area contributed by atoms with Crippen LogP contribution in [0.5, 0.6) is 0 Å². The van der Waals surface area contributed by atoms with Gasteiger partial charge in [-0.2, -0.15) is 0 Å². The molecule has 0 aliphatic carbocycles. The number of aryl methyl sites for hydroxylation is 1. The summed E-state index contributed by atoms with van der Waals surface area (Å²) in [5.74, 6) is 0.371. The molecule has 3 rings (SSSR count). The highest BCUT2D eigenvalue weighted by Gasteiger charge is 2.20. The number of nitrogens with zero attached hydrogens (tertiary/aromatic N) is 2. The number of carbonyl (C=O) groups excluding carboxylic acids is 1. The largest absolute Gasteiger partial charge is 0.383 e. The highest BCUT2D eigenvalue weighted by atomic mass is 16.1. The van der Waals surface area contributed by atoms with Gasteiger partial charge in [0.15, 0.2) is 0 Å². The number of para-hydroxylation sites is 1. The highest BCUT2D eigenvalue weighted by Crippen LogP contribution is 2.32. The van der Waals surface area contributed by atoms with Gasteiger partial charge in [0.1, 0.15) is 11.7 Å². The highest BCUT2D eigenvalue weighted by molar-refractivity contribution is 6.20. The summed E-state index contributed by atoms with van der Waals surface area (Å²) < 4.78 is 2.19. The third-order valence-corrected chi connectivity index (χ3v) is 4.81. The third-order valence-electron chi connectivity index (χ3n) is 4.81. The van der Waals surface area contributed by atoms with E-state index in [2.05, 4.69) is 27.0 Å². The fourth-order valence-electron chi connectivity index (χ4n) is 3.52. The lowest BCUT2D eigenvalue weighted by atomic mass is 10.2. The quantitative estimate of drug-likeness (QED) is 0.442. The molecule has 1 fully saturated rings. The number of nitrogens with two attached hydrogens (primary N) is 2. The Morgan fingerprint density at radius 1 is 1.40 bits per heavy atom. The number of rotatable bonds is 5. The number of amides is 1. The molecule has 1 aromatic heterocycles. The van der Waals surface area contributed by atoms with Crippen LogP contribution >= 0.6 is 0 Å². The van der Waals surface area contributed by atoms with Gasteiger partial charge in [-0.25, -0.2) is 4.99 Å². The first-order chi connectivity index (χ1) is 12.0. The second-order valence-electron chi connectivity index (χ2n) is 6.43. The van der Waals surface area contributed by atoms with Gasteiger partial charge in [-0.15, -0.1) is 0 Å². The maximum atomic E-state index is 11.6. The van der Waals surface area contributed by atoms with E-state index in [-0.39, 0.29) is 11.4 Å². The molecule has 5 N–H and O–H groups in total. The van der Waals surface area contributed by atoms with Crippen molar-refractivity contribution in [2.75, 3.05) is 6.54 Å². The molecule has 1 aromatic carbocycles. The number of aliphatic imine (C=N–C) groups is 1. The van der Waals surface area contributed by atoms with Gasteiger partial charge in [0.25, 0.3) is 5.91 Å². The number of hydrogen-bond acceptors (Lipinski definition) is 3. The van der Waals surface area contributed by atoms with Crippen molar-refractivity contribution in [1.82, 2.24) is 9.88 Å². The number of carbonyl (C=O) groups is 1. The van der Waals surface area contributed by atoms with Gasteiger partial charge in [0.2, 0.25) is 0 Å². The van der Waals surface area contributed by atoms with E-state index < -0.39 is 5.91 Å². The van der Waals surface area contributed by atoms with Gasteiger partial charge in [-0.3, -0.25) is 4.79 Å². The molecule has 25 heavy (non-hydrogen) atoms. The van der Waals surface area contributed by atoms with Crippen LogP contribution in [0.1, 0.15) is 25.3 Å². The molecular weight excluding hydrogens is 314 g/mol. The zero-order valence-corrected chi connectivity index (χ0v) is 14.7. The lowest BCUT2D eigenvalue weighted by molar-refractivity contribution is -0.114. The molecule has 0 radical (unpaired) electrons. The minimum Gasteiger partial charge on any atom is -0.383 e. The summed E-state index contributed by atoms with van der Waals surface area (Å²) in [4.78, 5) is 16.1. The van der Waals surface area contributed by atoms with Crippen molar-refractivity contribution in [2.24, 2.45) is 16.5 Å². The van der Waals surface area contributed by atoms with E-state index in [1.165, 1.54) is 6.42 Å². The molecule has 1 atom stereocenters. The van der Waals surface area contributed by atoms with Crippen LogP contribution in [0.4, 0.5) is 5.82 Å². The Morgan fingerprint density at radius 3 is 2.80 bits per heavy atom. The first-order valence-electron chi connectivity index (χ1n) is 8.64. The van der Waals surface area contributed by atoms with Gasteiger partial charge >= 0.3 is 0 Å². The molecule has 2 aromatic rings. The van der Waals surface area contributed by atoms with E-state index in [1.54, 1.807) is 13.0 Å². The number of benzene rings is 1. The Bertz CT molecular complexity index is 856. The molecule has 1 aliphatic heterocycles. The van der Waals surface area contributed by atoms with Gasteiger partial charge < -0.3 is 21.4 Å². The van der Waals surface area contributed by atoms with Crippen LogP contribution in [-0.2, 0) is 11.3 Å². The fourth-order valence-corrected chi connectivity index (χ4v) is 3.52. The van der Waals surface area contributed by atoms with Crippen LogP contribution < -0.4 is 16.8 Å². The van der Waals surface area contributed by atoms with Crippen molar-refractivity contribution in [2.45, 2.75) is 39.3 Å². The average Bonchev–Trinajstić information content (AvgIpc) is 3.18. The minimum absolute atomic E-state index is 0.154. The number of fused-ring (bicyclic) bond motifs is 1. The van der Waals surface area contributed by atoms with Crippen molar-refractivity contribution in [3.05, 3.63) is 41.5 Å². The molecule has 1 unspecified atom stereocenters. The smallest absolute Gasteiger partial charge is 0.252 e. The molecule has 132 valence electrons. The van der Waals surface area contributed by atoms with Crippen molar-refractivity contribution < 1.29 is 4.79 Å². The zero-order valence-electron chi connectivity index (χ0n) is 14.7. The topological polar surface area (TPSA) is 98.4 Å². The Balaban J connectivity index is 2.12. The summed E-state index contributed by atoms with van der Waals surface area (Å²) in [5, 5.41) is 4.67. The lowest BCUT2D eigenvalue weighted by Gasteiger charge is -2.15.